The fourth-order valence-electron chi connectivity index (χ4n) is 1.75. The van der Waals surface area contributed by atoms with Gasteiger partial charge in [0.25, 0.3) is 5.91 Å². The lowest BCUT2D eigenvalue weighted by Crippen LogP contribution is -2.22. The molecule has 0 fully saturated rings. The summed E-state index contributed by atoms with van der Waals surface area (Å²) in [5.74, 6) is 0.691. The van der Waals surface area contributed by atoms with Crippen molar-refractivity contribution in [3.63, 3.8) is 0 Å². The summed E-state index contributed by atoms with van der Waals surface area (Å²) in [7, 11) is 0. The zero-order valence-corrected chi connectivity index (χ0v) is 10.3. The van der Waals surface area contributed by atoms with E-state index < -0.39 is 0 Å². The summed E-state index contributed by atoms with van der Waals surface area (Å²) in [5.41, 5.74) is 2.59. The van der Waals surface area contributed by atoms with Crippen LogP contribution in [0.3, 0.4) is 0 Å². The number of hydrogen-bond donors (Lipinski definition) is 2. The van der Waals surface area contributed by atoms with Crippen molar-refractivity contribution in [3.8, 4) is 0 Å². The van der Waals surface area contributed by atoms with Crippen LogP contribution in [0.25, 0.3) is 11.0 Å². The molecule has 0 saturated carbocycles. The highest BCUT2D eigenvalue weighted by atomic mass is 32.1. The zero-order chi connectivity index (χ0) is 12.4. The topological polar surface area (TPSA) is 57.8 Å². The molecule has 2 N–H and O–H groups in total. The summed E-state index contributed by atoms with van der Waals surface area (Å²) in [4.78, 5) is 19.3. The molecule has 3 aromatic rings. The zero-order valence-electron chi connectivity index (χ0n) is 9.51. The lowest BCUT2D eigenvalue weighted by molar-refractivity contribution is 0.0950. The Morgan fingerprint density at radius 3 is 3.00 bits per heavy atom. The van der Waals surface area contributed by atoms with Crippen LogP contribution in [0.15, 0.2) is 41.1 Å². The molecule has 1 amide bonds. The van der Waals surface area contributed by atoms with E-state index >= 15 is 0 Å². The number of amides is 1. The highest BCUT2D eigenvalue weighted by Crippen LogP contribution is 2.10. The van der Waals surface area contributed by atoms with Crippen molar-refractivity contribution in [1.82, 2.24) is 15.3 Å². The molecule has 0 radical (unpaired) electrons. The second kappa shape index (κ2) is 4.62. The second-order valence-electron chi connectivity index (χ2n) is 3.90. The van der Waals surface area contributed by atoms with Gasteiger partial charge in [-0.2, -0.15) is 11.3 Å². The summed E-state index contributed by atoms with van der Waals surface area (Å²) in [5, 5.41) is 6.55. The molecule has 2 heterocycles. The largest absolute Gasteiger partial charge is 0.345 e. The third-order valence-corrected chi connectivity index (χ3v) is 3.32. The van der Waals surface area contributed by atoms with Crippen molar-refractivity contribution in [2.45, 2.75) is 6.54 Å². The summed E-state index contributed by atoms with van der Waals surface area (Å²) in [6, 6.07) is 9.60. The molecule has 0 unspecified atom stereocenters. The van der Waals surface area contributed by atoms with Gasteiger partial charge in [0.2, 0.25) is 0 Å². The van der Waals surface area contributed by atoms with E-state index in [4.69, 9.17) is 0 Å². The van der Waals surface area contributed by atoms with E-state index in [2.05, 4.69) is 15.3 Å². The first-order valence-electron chi connectivity index (χ1n) is 5.57. The lowest BCUT2D eigenvalue weighted by atomic mass is 10.3. The van der Waals surface area contributed by atoms with E-state index in [0.29, 0.717) is 12.1 Å². The van der Waals surface area contributed by atoms with Crippen molar-refractivity contribution in [1.29, 1.82) is 0 Å². The fraction of sp³-hybridized carbons (Fsp3) is 0.0769. The Kier molecular flexibility index (Phi) is 2.82. The normalized spacial score (nSPS) is 10.7. The van der Waals surface area contributed by atoms with Gasteiger partial charge in [0, 0.05) is 10.9 Å². The van der Waals surface area contributed by atoms with E-state index in [9.17, 15) is 4.79 Å². The molecule has 0 saturated heterocycles. The van der Waals surface area contributed by atoms with Crippen LogP contribution < -0.4 is 5.32 Å². The van der Waals surface area contributed by atoms with Crippen molar-refractivity contribution < 1.29 is 4.79 Å². The Morgan fingerprint density at radius 2 is 2.22 bits per heavy atom. The van der Waals surface area contributed by atoms with Crippen LogP contribution >= 0.6 is 11.3 Å². The van der Waals surface area contributed by atoms with Gasteiger partial charge < -0.3 is 10.3 Å². The number of benzene rings is 1. The number of carbonyl (C=O) groups excluding carboxylic acids is 1. The minimum absolute atomic E-state index is 0.0725. The molecule has 3 rings (SSSR count). The molecule has 0 atom stereocenters. The fourth-order valence-corrected chi connectivity index (χ4v) is 2.39. The second-order valence-corrected chi connectivity index (χ2v) is 4.68. The number of nitrogens with one attached hydrogen (secondary N) is 2. The summed E-state index contributed by atoms with van der Waals surface area (Å²) in [6.45, 7) is 0.406. The minimum atomic E-state index is -0.0725. The number of nitrogens with zero attached hydrogens (tertiary/aromatic N) is 1. The molecule has 4 nitrogen and oxygen atoms in total. The molecule has 90 valence electrons. The van der Waals surface area contributed by atoms with E-state index in [1.807, 2.05) is 35.0 Å². The third kappa shape index (κ3) is 2.12. The Hall–Kier alpha value is -2.14. The Balaban J connectivity index is 1.71. The first-order chi connectivity index (χ1) is 8.83. The number of aromatic nitrogens is 2. The van der Waals surface area contributed by atoms with Crippen LogP contribution in [0.1, 0.15) is 16.2 Å². The van der Waals surface area contributed by atoms with Gasteiger partial charge in [0.15, 0.2) is 0 Å². The van der Waals surface area contributed by atoms with Crippen LogP contribution in [0.5, 0.6) is 0 Å². The van der Waals surface area contributed by atoms with Crippen molar-refractivity contribution >= 4 is 28.3 Å². The number of H-pyrrole nitrogens is 1. The van der Waals surface area contributed by atoms with Crippen molar-refractivity contribution in [2.24, 2.45) is 0 Å². The smallest absolute Gasteiger partial charge is 0.252 e. The van der Waals surface area contributed by atoms with Crippen LogP contribution in [0.4, 0.5) is 0 Å². The number of rotatable bonds is 3. The Labute approximate surface area is 108 Å². The first kappa shape index (κ1) is 11.0. The van der Waals surface area contributed by atoms with Gasteiger partial charge in [-0.1, -0.05) is 12.1 Å². The van der Waals surface area contributed by atoms with Crippen LogP contribution in [-0.2, 0) is 6.54 Å². The lowest BCUT2D eigenvalue weighted by Gasteiger charge is -2.00. The van der Waals surface area contributed by atoms with Crippen molar-refractivity contribution in [3.05, 3.63) is 52.5 Å². The van der Waals surface area contributed by atoms with E-state index in [1.54, 1.807) is 6.07 Å². The van der Waals surface area contributed by atoms with Gasteiger partial charge in [0.05, 0.1) is 17.6 Å². The number of imidazole rings is 1. The maximum atomic E-state index is 11.7. The molecule has 0 aliphatic heterocycles. The molecule has 0 spiro atoms. The maximum Gasteiger partial charge on any atom is 0.252 e. The number of thiophene rings is 1. The first-order valence-corrected chi connectivity index (χ1v) is 6.51. The number of aromatic amines is 1. The number of carbonyl (C=O) groups is 1. The maximum absolute atomic E-state index is 11.7. The average molecular weight is 257 g/mol. The van der Waals surface area contributed by atoms with Crippen LogP contribution in [0.2, 0.25) is 0 Å². The van der Waals surface area contributed by atoms with Gasteiger partial charge >= 0.3 is 0 Å². The number of hydrogen-bond acceptors (Lipinski definition) is 3. The molecule has 5 heteroatoms. The predicted octanol–water partition coefficient (Wildman–Crippen LogP) is 2.55. The Morgan fingerprint density at radius 1 is 1.33 bits per heavy atom. The predicted molar refractivity (Wildman–Crippen MR) is 71.6 cm³/mol. The number of para-hydroxylation sites is 2. The average Bonchev–Trinajstić information content (AvgIpc) is 3.04. The quantitative estimate of drug-likeness (QED) is 0.757. The summed E-state index contributed by atoms with van der Waals surface area (Å²) < 4.78 is 0. The molecule has 0 aliphatic rings. The standard InChI is InChI=1S/C13H11N3OS/c17-13(9-5-6-18-8-9)14-7-12-15-10-3-1-2-4-11(10)16-12/h1-6,8H,7H2,(H,14,17)(H,15,16). The Bertz CT molecular complexity index is 639. The molecular weight excluding hydrogens is 246 g/mol. The molecule has 2 aromatic heterocycles. The highest BCUT2D eigenvalue weighted by molar-refractivity contribution is 7.08. The number of fused-ring (bicyclic) bond motifs is 1. The molecular formula is C13H11N3OS. The molecule has 0 aliphatic carbocycles. The minimum Gasteiger partial charge on any atom is -0.345 e. The molecule has 1 aromatic carbocycles. The SMILES string of the molecule is O=C(NCc1nc2ccccc2[nH]1)c1ccsc1. The highest BCUT2D eigenvalue weighted by Gasteiger charge is 2.07. The summed E-state index contributed by atoms with van der Waals surface area (Å²) >= 11 is 1.51. The van der Waals surface area contributed by atoms with Gasteiger partial charge in [-0.15, -0.1) is 0 Å². The van der Waals surface area contributed by atoms with E-state index in [0.717, 1.165) is 16.9 Å². The van der Waals surface area contributed by atoms with E-state index in [1.165, 1.54) is 11.3 Å². The van der Waals surface area contributed by atoms with Crippen molar-refractivity contribution in [2.75, 3.05) is 0 Å². The summed E-state index contributed by atoms with van der Waals surface area (Å²) in [6.07, 6.45) is 0. The van der Waals surface area contributed by atoms with E-state index in [-0.39, 0.29) is 5.91 Å². The monoisotopic (exact) mass is 257 g/mol. The van der Waals surface area contributed by atoms with Gasteiger partial charge in [-0.05, 0) is 23.6 Å². The van der Waals surface area contributed by atoms with Gasteiger partial charge in [-0.25, -0.2) is 4.98 Å². The van der Waals surface area contributed by atoms with Crippen LogP contribution in [-0.4, -0.2) is 15.9 Å². The molecule has 18 heavy (non-hydrogen) atoms. The van der Waals surface area contributed by atoms with Gasteiger partial charge in [-0.3, -0.25) is 4.79 Å². The molecule has 0 bridgehead atoms. The third-order valence-electron chi connectivity index (χ3n) is 2.64. The van der Waals surface area contributed by atoms with Crippen LogP contribution in [0, 0.1) is 0 Å². The van der Waals surface area contributed by atoms with Gasteiger partial charge in [0.1, 0.15) is 5.82 Å².